The zero-order valence-corrected chi connectivity index (χ0v) is 32.3. The van der Waals surface area contributed by atoms with Gasteiger partial charge in [0.15, 0.2) is 0 Å². The number of aromatic nitrogens is 3. The minimum Gasteiger partial charge on any atom is -0.350 e. The summed E-state index contributed by atoms with van der Waals surface area (Å²) >= 11 is 0. The second kappa shape index (κ2) is 15.4. The van der Waals surface area contributed by atoms with Crippen molar-refractivity contribution in [2.45, 2.75) is 64.5 Å². The summed E-state index contributed by atoms with van der Waals surface area (Å²) in [7, 11) is 3.50. The van der Waals surface area contributed by atoms with Gasteiger partial charge in [-0.1, -0.05) is 30.9 Å². The Kier molecular flexibility index (Phi) is 10.1. The van der Waals surface area contributed by atoms with E-state index >= 15 is 0 Å². The van der Waals surface area contributed by atoms with Crippen molar-refractivity contribution in [1.82, 2.24) is 29.7 Å². The average molecular weight is 786 g/mol. The number of carbonyl (C=O) groups excluding carboxylic acids is 4. The summed E-state index contributed by atoms with van der Waals surface area (Å²) in [4.78, 5) is 70.8. The van der Waals surface area contributed by atoms with Crippen molar-refractivity contribution in [2.75, 3.05) is 18.0 Å². The van der Waals surface area contributed by atoms with Crippen LogP contribution in [0, 0.1) is 11.8 Å². The number of hydrogen-bond acceptors (Lipinski definition) is 7. The molecule has 5 heterocycles. The van der Waals surface area contributed by atoms with Gasteiger partial charge in [-0.05, 0) is 90.4 Å². The third kappa shape index (κ3) is 6.80. The largest absolute Gasteiger partial charge is 0.350 e. The molecule has 1 saturated heterocycles. The molecule has 1 fully saturated rings. The van der Waals surface area contributed by atoms with Gasteiger partial charge in [0.2, 0.25) is 11.8 Å². The predicted octanol–water partition coefficient (Wildman–Crippen LogP) is 5.46. The van der Waals surface area contributed by atoms with E-state index < -0.39 is 24.3 Å². The average Bonchev–Trinajstić information content (AvgIpc) is 3.67. The molecular weight excluding hydrogens is 745 g/mol. The van der Waals surface area contributed by atoms with Crippen LogP contribution >= 0.6 is 0 Å². The van der Waals surface area contributed by atoms with Crippen LogP contribution in [0.25, 0.3) is 22.2 Å². The molecule has 8 rings (SSSR count). The van der Waals surface area contributed by atoms with E-state index in [2.05, 4.69) is 32.4 Å². The monoisotopic (exact) mass is 785 g/mol. The first-order valence-electron chi connectivity index (χ1n) is 19.4. The number of nitrogens with zero attached hydrogens (tertiary/aromatic N) is 5. The lowest BCUT2D eigenvalue weighted by atomic mass is 9.92. The van der Waals surface area contributed by atoms with Gasteiger partial charge in [0.05, 0.1) is 11.0 Å². The molecule has 0 spiro atoms. The Morgan fingerprint density at radius 3 is 2.59 bits per heavy atom. The smallest absolute Gasteiger partial charge is 0.328 e. The van der Waals surface area contributed by atoms with Crippen molar-refractivity contribution >= 4 is 46.0 Å². The SMILES string of the molecule is CCc1cc(N2CCCc3cc(-c4ccc(C(=O)NCCC#Cc5cccc6c5CN(C5CCC(=O)NC5=O)C6=O)nc4)c(C(F)F)cc32)cc2c1n(C)c(=O)n2C. The van der Waals surface area contributed by atoms with Crippen molar-refractivity contribution < 1.29 is 28.0 Å². The Morgan fingerprint density at radius 2 is 1.84 bits per heavy atom. The first-order chi connectivity index (χ1) is 27.9. The fraction of sp³-hybridized carbons (Fsp3) is 0.318. The van der Waals surface area contributed by atoms with E-state index in [4.69, 9.17) is 0 Å². The van der Waals surface area contributed by atoms with E-state index in [0.29, 0.717) is 59.3 Å². The van der Waals surface area contributed by atoms with E-state index in [1.54, 1.807) is 59.6 Å². The first-order valence-corrected chi connectivity index (χ1v) is 19.4. The van der Waals surface area contributed by atoms with E-state index in [0.717, 1.165) is 34.3 Å². The molecule has 1 atom stereocenters. The second-order valence-electron chi connectivity index (χ2n) is 14.8. The van der Waals surface area contributed by atoms with Crippen molar-refractivity contribution in [2.24, 2.45) is 14.1 Å². The van der Waals surface area contributed by atoms with Gasteiger partial charge in [0.1, 0.15) is 11.7 Å². The highest BCUT2D eigenvalue weighted by Crippen LogP contribution is 2.42. The van der Waals surface area contributed by atoms with Crippen molar-refractivity contribution in [3.05, 3.63) is 110 Å². The molecule has 5 aromatic rings. The van der Waals surface area contributed by atoms with Crippen LogP contribution in [0.15, 0.2) is 65.6 Å². The molecule has 3 aliphatic rings. The summed E-state index contributed by atoms with van der Waals surface area (Å²) in [6, 6.07) is 15.0. The summed E-state index contributed by atoms with van der Waals surface area (Å²) in [5.41, 5.74) is 7.67. The summed E-state index contributed by atoms with van der Waals surface area (Å²) in [5.74, 6) is 4.58. The Balaban J connectivity index is 0.948. The van der Waals surface area contributed by atoms with E-state index in [1.807, 2.05) is 19.1 Å². The van der Waals surface area contributed by atoms with Gasteiger partial charge in [0, 0.05) is 86.4 Å². The summed E-state index contributed by atoms with van der Waals surface area (Å²) in [6.45, 7) is 3.10. The zero-order valence-electron chi connectivity index (χ0n) is 32.3. The number of fused-ring (bicyclic) bond motifs is 3. The van der Waals surface area contributed by atoms with Crippen LogP contribution in [0.5, 0.6) is 0 Å². The van der Waals surface area contributed by atoms with Crippen LogP contribution in [0.1, 0.15) is 87.7 Å². The number of carbonyl (C=O) groups is 4. The molecule has 0 saturated carbocycles. The van der Waals surface area contributed by atoms with Gasteiger partial charge in [0.25, 0.3) is 18.2 Å². The highest BCUT2D eigenvalue weighted by molar-refractivity contribution is 6.05. The molecule has 12 nitrogen and oxygen atoms in total. The highest BCUT2D eigenvalue weighted by atomic mass is 19.3. The number of rotatable bonds is 8. The van der Waals surface area contributed by atoms with Gasteiger partial charge in [-0.3, -0.25) is 38.6 Å². The number of imidazole rings is 1. The number of anilines is 2. The van der Waals surface area contributed by atoms with Gasteiger partial charge in [-0.15, -0.1) is 0 Å². The number of pyridine rings is 1. The Bertz CT molecular complexity index is 2660. The third-order valence-electron chi connectivity index (χ3n) is 11.4. The van der Waals surface area contributed by atoms with Crippen molar-refractivity contribution in [3.8, 4) is 23.0 Å². The Labute approximate surface area is 332 Å². The lowest BCUT2D eigenvalue weighted by Gasteiger charge is -2.33. The van der Waals surface area contributed by atoms with Crippen LogP contribution in [0.3, 0.4) is 0 Å². The molecule has 0 bridgehead atoms. The molecular formula is C44H41F2N7O5. The van der Waals surface area contributed by atoms with E-state index in [9.17, 15) is 32.8 Å². The lowest BCUT2D eigenvalue weighted by molar-refractivity contribution is -0.136. The number of hydrogen-bond donors (Lipinski definition) is 2. The summed E-state index contributed by atoms with van der Waals surface area (Å²) in [5, 5.41) is 5.10. The van der Waals surface area contributed by atoms with Gasteiger partial charge >= 0.3 is 5.69 Å². The molecule has 296 valence electrons. The van der Waals surface area contributed by atoms with Crippen LogP contribution < -0.4 is 21.2 Å². The minimum atomic E-state index is -2.77. The number of aryl methyl sites for hydroxylation is 4. The highest BCUT2D eigenvalue weighted by Gasteiger charge is 2.39. The first kappa shape index (κ1) is 38.3. The van der Waals surface area contributed by atoms with Crippen molar-refractivity contribution in [1.29, 1.82) is 0 Å². The molecule has 0 aliphatic carbocycles. The maximum absolute atomic E-state index is 14.8. The fourth-order valence-electron chi connectivity index (χ4n) is 8.38. The zero-order chi connectivity index (χ0) is 40.8. The van der Waals surface area contributed by atoms with Crippen molar-refractivity contribution in [3.63, 3.8) is 0 Å². The van der Waals surface area contributed by atoms with Crippen LogP contribution in [0.4, 0.5) is 20.2 Å². The van der Waals surface area contributed by atoms with Gasteiger partial charge in [-0.25, -0.2) is 13.6 Å². The summed E-state index contributed by atoms with van der Waals surface area (Å²) < 4.78 is 32.8. The molecule has 2 N–H and O–H groups in total. The maximum atomic E-state index is 14.8. The summed E-state index contributed by atoms with van der Waals surface area (Å²) in [6.07, 6.45) is 1.64. The van der Waals surface area contributed by atoms with E-state index in [-0.39, 0.29) is 54.7 Å². The fourth-order valence-corrected chi connectivity index (χ4v) is 8.38. The van der Waals surface area contributed by atoms with Gasteiger partial charge < -0.3 is 15.1 Å². The molecule has 4 amide bonds. The number of amides is 4. The van der Waals surface area contributed by atoms with Crippen LogP contribution in [0.2, 0.25) is 0 Å². The number of imide groups is 1. The molecule has 3 aliphatic heterocycles. The third-order valence-corrected chi connectivity index (χ3v) is 11.4. The second-order valence-corrected chi connectivity index (χ2v) is 14.8. The Hall–Kier alpha value is -6.62. The quantitative estimate of drug-likeness (QED) is 0.121. The number of benzene rings is 3. The Morgan fingerprint density at radius 1 is 1.02 bits per heavy atom. The molecule has 0 radical (unpaired) electrons. The van der Waals surface area contributed by atoms with Crippen LogP contribution in [-0.2, 0) is 43.1 Å². The van der Waals surface area contributed by atoms with E-state index in [1.165, 1.54) is 17.2 Å². The number of piperidine rings is 1. The number of halogens is 2. The lowest BCUT2D eigenvalue weighted by Crippen LogP contribution is -2.52. The maximum Gasteiger partial charge on any atom is 0.328 e. The standard InChI is InChI=1S/C44H41F2N7O5/c1-4-25-19-29(21-37-39(25)51(3)44(58)50(37)2)52-18-8-11-27-20-31(32(40(45)46)22-36(27)52)28-13-14-34(48-23-28)41(55)47-17-6-5-9-26-10-7-12-30-33(26)24-53(43(30)57)35-15-16-38(54)49-42(35)56/h7,10,12-14,19-23,35,40H,4,6,8,11,15-18,24H2,1-3H3,(H,47,55)(H,49,54,56). The molecule has 58 heavy (non-hydrogen) atoms. The normalized spacial score (nSPS) is 16.3. The molecule has 14 heteroatoms. The number of nitrogens with one attached hydrogen (secondary N) is 2. The molecule has 3 aromatic carbocycles. The predicted molar refractivity (Wildman–Crippen MR) is 214 cm³/mol. The van der Waals surface area contributed by atoms with Gasteiger partial charge in [-0.2, -0.15) is 0 Å². The topological polar surface area (TPSA) is 139 Å². The van der Waals surface area contributed by atoms with Crippen LogP contribution in [-0.4, -0.2) is 61.8 Å². The molecule has 2 aromatic heterocycles. The molecule has 1 unspecified atom stereocenters. The number of alkyl halides is 2. The minimum absolute atomic E-state index is 0.122.